The Morgan fingerprint density at radius 3 is 2.57 bits per heavy atom. The van der Waals surface area contributed by atoms with Crippen LogP contribution in [0.25, 0.3) is 11.2 Å². The van der Waals surface area contributed by atoms with Crippen LogP contribution in [-0.2, 0) is 14.3 Å². The lowest BCUT2D eigenvalue weighted by molar-refractivity contribution is -0.114. The van der Waals surface area contributed by atoms with Gasteiger partial charge in [0.2, 0.25) is 11.9 Å². The van der Waals surface area contributed by atoms with Crippen molar-refractivity contribution < 1.29 is 18.7 Å². The molecule has 3 aromatic rings. The first-order valence-corrected chi connectivity index (χ1v) is 12.4. The molecule has 2 N–H and O–H groups in total. The van der Waals surface area contributed by atoms with Gasteiger partial charge in [-0.3, -0.25) is 14.7 Å². The van der Waals surface area contributed by atoms with Crippen molar-refractivity contribution in [3.63, 3.8) is 0 Å². The van der Waals surface area contributed by atoms with E-state index in [1.54, 1.807) is 11.1 Å². The zero-order chi connectivity index (χ0) is 25.5. The van der Waals surface area contributed by atoms with E-state index in [1.807, 2.05) is 25.1 Å². The standard InChI is InChI=1S/C25H30N8O4/c1-16-13-17(3-4-27-16)24-33(19(15-36-24)21(26)34)18-14-20-22(28-23(18)31-7-5-30(2)6-8-31)29-25(37-20)32-9-11-35-12-10-32/h3-4,13-15,24H,5-12H2,1-2H3,(H2,26,34). The smallest absolute Gasteiger partial charge is 0.300 e. The molecule has 37 heavy (non-hydrogen) atoms. The molecular formula is C25H30N8O4. The van der Waals surface area contributed by atoms with Crippen LogP contribution in [0.3, 0.4) is 0 Å². The van der Waals surface area contributed by atoms with Gasteiger partial charge in [-0.1, -0.05) is 0 Å². The van der Waals surface area contributed by atoms with E-state index < -0.39 is 12.1 Å². The zero-order valence-corrected chi connectivity index (χ0v) is 21.0. The van der Waals surface area contributed by atoms with Gasteiger partial charge >= 0.3 is 0 Å². The van der Waals surface area contributed by atoms with Gasteiger partial charge in [0.15, 0.2) is 11.4 Å². The number of aryl methyl sites for hydroxylation is 1. The maximum Gasteiger partial charge on any atom is 0.300 e. The van der Waals surface area contributed by atoms with Crippen LogP contribution in [0.1, 0.15) is 17.5 Å². The molecule has 0 radical (unpaired) electrons. The molecule has 0 spiro atoms. The van der Waals surface area contributed by atoms with E-state index in [0.29, 0.717) is 55.1 Å². The zero-order valence-electron chi connectivity index (χ0n) is 21.0. The van der Waals surface area contributed by atoms with E-state index in [0.717, 1.165) is 37.4 Å². The molecule has 1 atom stereocenters. The van der Waals surface area contributed by atoms with E-state index in [9.17, 15) is 4.79 Å². The van der Waals surface area contributed by atoms with Crippen molar-refractivity contribution >= 4 is 34.7 Å². The molecule has 0 aliphatic carbocycles. The first kappa shape index (κ1) is 23.5. The maximum atomic E-state index is 12.6. The molecule has 3 aliphatic heterocycles. The number of hydrogen-bond donors (Lipinski definition) is 1. The summed E-state index contributed by atoms with van der Waals surface area (Å²) in [5.41, 5.74) is 9.45. The monoisotopic (exact) mass is 506 g/mol. The summed E-state index contributed by atoms with van der Waals surface area (Å²) in [4.78, 5) is 34.9. The van der Waals surface area contributed by atoms with E-state index in [1.165, 1.54) is 6.26 Å². The molecule has 0 aromatic carbocycles. The second kappa shape index (κ2) is 9.52. The van der Waals surface area contributed by atoms with Crippen molar-refractivity contribution in [2.75, 3.05) is 74.2 Å². The number of pyridine rings is 2. The molecule has 1 unspecified atom stereocenters. The highest BCUT2D eigenvalue weighted by molar-refractivity contribution is 5.98. The van der Waals surface area contributed by atoms with E-state index in [4.69, 9.17) is 29.6 Å². The summed E-state index contributed by atoms with van der Waals surface area (Å²) in [6, 6.07) is 6.20. The van der Waals surface area contributed by atoms with Crippen LogP contribution in [0, 0.1) is 6.92 Å². The Hall–Kier alpha value is -3.90. The van der Waals surface area contributed by atoms with Gasteiger partial charge in [-0.05, 0) is 26.1 Å². The van der Waals surface area contributed by atoms with Gasteiger partial charge in [0.05, 0.1) is 18.9 Å². The van der Waals surface area contributed by atoms with E-state index in [-0.39, 0.29) is 5.70 Å². The second-order valence-electron chi connectivity index (χ2n) is 9.50. The number of amides is 1. The van der Waals surface area contributed by atoms with Crippen molar-refractivity contribution in [3.8, 4) is 0 Å². The van der Waals surface area contributed by atoms with Crippen LogP contribution >= 0.6 is 0 Å². The number of anilines is 3. The largest absolute Gasteiger partial charge is 0.471 e. The molecule has 6 heterocycles. The average molecular weight is 507 g/mol. The highest BCUT2D eigenvalue weighted by Crippen LogP contribution is 2.43. The first-order chi connectivity index (χ1) is 18.0. The number of rotatable bonds is 5. The molecule has 12 heteroatoms. The number of primary amides is 1. The Bertz CT molecular complexity index is 1340. The van der Waals surface area contributed by atoms with Gasteiger partial charge in [-0.2, -0.15) is 4.98 Å². The number of nitrogens with two attached hydrogens (primary N) is 1. The highest BCUT2D eigenvalue weighted by atomic mass is 16.5. The third kappa shape index (κ3) is 4.42. The van der Waals surface area contributed by atoms with Crippen LogP contribution in [-0.4, -0.2) is 85.3 Å². The normalized spacial score (nSPS) is 20.9. The summed E-state index contributed by atoms with van der Waals surface area (Å²) in [5, 5.41) is 0. The number of fused-ring (bicyclic) bond motifs is 1. The van der Waals surface area contributed by atoms with Crippen LogP contribution in [0.5, 0.6) is 0 Å². The average Bonchev–Trinajstić information content (AvgIpc) is 3.53. The Balaban J connectivity index is 1.49. The number of ether oxygens (including phenoxy) is 2. The fraction of sp³-hybridized carbons (Fsp3) is 0.440. The predicted molar refractivity (Wildman–Crippen MR) is 137 cm³/mol. The molecule has 1 amide bonds. The SMILES string of the molecule is Cc1cc(C2OC=C(C(N)=O)N2c2cc3oc(N4CCOCC4)nc3nc2N2CCN(C)CC2)ccn1. The van der Waals surface area contributed by atoms with Gasteiger partial charge < -0.3 is 34.3 Å². The summed E-state index contributed by atoms with van der Waals surface area (Å²) in [5.74, 6) is 0.111. The van der Waals surface area contributed by atoms with Crippen molar-refractivity contribution in [2.45, 2.75) is 13.2 Å². The maximum absolute atomic E-state index is 12.6. The van der Waals surface area contributed by atoms with E-state index >= 15 is 0 Å². The number of aromatic nitrogens is 3. The van der Waals surface area contributed by atoms with Gasteiger partial charge in [-0.25, -0.2) is 4.98 Å². The Morgan fingerprint density at radius 1 is 1.05 bits per heavy atom. The minimum atomic E-state index is -0.615. The summed E-state index contributed by atoms with van der Waals surface area (Å²) in [7, 11) is 2.10. The van der Waals surface area contributed by atoms with E-state index in [2.05, 4.69) is 26.7 Å². The van der Waals surface area contributed by atoms with Crippen LogP contribution < -0.4 is 20.4 Å². The van der Waals surface area contributed by atoms with Crippen molar-refractivity contribution in [2.24, 2.45) is 5.73 Å². The number of piperazine rings is 1. The minimum Gasteiger partial charge on any atom is -0.471 e. The number of carbonyl (C=O) groups excluding carboxylic acids is 1. The number of carbonyl (C=O) groups is 1. The Morgan fingerprint density at radius 2 is 1.84 bits per heavy atom. The molecule has 12 nitrogen and oxygen atoms in total. The summed E-state index contributed by atoms with van der Waals surface area (Å²) in [6.07, 6.45) is 2.53. The number of oxazole rings is 1. The third-order valence-corrected chi connectivity index (χ3v) is 6.94. The van der Waals surface area contributed by atoms with Gasteiger partial charge in [0.1, 0.15) is 12.0 Å². The first-order valence-electron chi connectivity index (χ1n) is 12.4. The number of nitrogens with zero attached hydrogens (tertiary/aromatic N) is 7. The summed E-state index contributed by atoms with van der Waals surface area (Å²) in [6.45, 7) is 7.88. The van der Waals surface area contributed by atoms with Crippen molar-refractivity contribution in [3.05, 3.63) is 47.6 Å². The lowest BCUT2D eigenvalue weighted by Gasteiger charge is -2.36. The molecular weight excluding hydrogens is 476 g/mol. The van der Waals surface area contributed by atoms with Crippen molar-refractivity contribution in [1.29, 1.82) is 0 Å². The predicted octanol–water partition coefficient (Wildman–Crippen LogP) is 1.38. The second-order valence-corrected chi connectivity index (χ2v) is 9.50. The van der Waals surface area contributed by atoms with Crippen molar-refractivity contribution in [1.82, 2.24) is 19.9 Å². The molecule has 2 saturated heterocycles. The number of hydrogen-bond acceptors (Lipinski definition) is 11. The Kier molecular flexibility index (Phi) is 6.05. The van der Waals surface area contributed by atoms with Crippen LogP contribution in [0.2, 0.25) is 0 Å². The Labute approximate surface area is 214 Å². The minimum absolute atomic E-state index is 0.240. The summed E-state index contributed by atoms with van der Waals surface area (Å²) < 4.78 is 17.7. The molecule has 194 valence electrons. The molecule has 2 fully saturated rings. The lowest BCUT2D eigenvalue weighted by Crippen LogP contribution is -2.45. The molecule has 6 rings (SSSR count). The third-order valence-electron chi connectivity index (χ3n) is 6.94. The van der Waals surface area contributed by atoms with Crippen LogP contribution in [0.4, 0.5) is 17.5 Å². The van der Waals surface area contributed by atoms with Gasteiger partial charge in [0, 0.05) is 62.8 Å². The number of likely N-dealkylation sites (N-methyl/N-ethyl adjacent to an activating group) is 1. The fourth-order valence-corrected chi connectivity index (χ4v) is 4.91. The number of morpholine rings is 1. The van der Waals surface area contributed by atoms with Gasteiger partial charge in [-0.15, -0.1) is 0 Å². The molecule has 0 bridgehead atoms. The summed E-state index contributed by atoms with van der Waals surface area (Å²) >= 11 is 0. The lowest BCUT2D eigenvalue weighted by atomic mass is 10.1. The molecule has 3 aliphatic rings. The highest BCUT2D eigenvalue weighted by Gasteiger charge is 2.37. The van der Waals surface area contributed by atoms with Crippen LogP contribution in [0.15, 0.2) is 40.8 Å². The topological polar surface area (TPSA) is 126 Å². The molecule has 0 saturated carbocycles. The molecule has 3 aromatic heterocycles. The van der Waals surface area contributed by atoms with Gasteiger partial charge in [0.25, 0.3) is 11.9 Å². The fourth-order valence-electron chi connectivity index (χ4n) is 4.91. The quantitative estimate of drug-likeness (QED) is 0.539.